The molecule has 0 bridgehead atoms. The first-order valence-electron chi connectivity index (χ1n) is 15.1. The summed E-state index contributed by atoms with van der Waals surface area (Å²) in [6.45, 7) is 8.35. The largest absolute Gasteiger partial charge is 0.379 e. The van der Waals surface area contributed by atoms with Gasteiger partial charge in [0.2, 0.25) is 5.91 Å². The molecule has 41 heavy (non-hydrogen) atoms. The minimum absolute atomic E-state index is 0.00979. The molecule has 8 nitrogen and oxygen atoms in total. The third-order valence-electron chi connectivity index (χ3n) is 9.01. The van der Waals surface area contributed by atoms with Crippen LogP contribution in [-0.2, 0) is 16.1 Å². The molecular formula is C32H44FN5O3. The summed E-state index contributed by atoms with van der Waals surface area (Å²) >= 11 is 0. The second kappa shape index (κ2) is 13.9. The molecule has 2 aromatic carbocycles. The maximum Gasteiger partial charge on any atom is 0.254 e. The molecule has 2 saturated heterocycles. The number of rotatable bonds is 9. The summed E-state index contributed by atoms with van der Waals surface area (Å²) < 4.78 is 19.2. The molecule has 2 atom stereocenters. The number of carbonyl (C=O) groups excluding carboxylic acids is 2. The van der Waals surface area contributed by atoms with Gasteiger partial charge in [0.05, 0.1) is 13.2 Å². The molecule has 0 spiro atoms. The molecule has 3 fully saturated rings. The summed E-state index contributed by atoms with van der Waals surface area (Å²) in [5.41, 5.74) is 8.96. The number of nitrogens with two attached hydrogens (primary N) is 1. The van der Waals surface area contributed by atoms with Gasteiger partial charge in [-0.2, -0.15) is 0 Å². The number of hydrogen-bond acceptors (Lipinski definition) is 6. The van der Waals surface area contributed by atoms with E-state index in [0.717, 1.165) is 71.6 Å². The van der Waals surface area contributed by atoms with E-state index in [-0.39, 0.29) is 29.9 Å². The van der Waals surface area contributed by atoms with Crippen molar-refractivity contribution in [3.63, 3.8) is 0 Å². The maximum absolute atomic E-state index is 13.8. The Morgan fingerprint density at radius 1 is 1.05 bits per heavy atom. The lowest BCUT2D eigenvalue weighted by Crippen LogP contribution is -2.50. The van der Waals surface area contributed by atoms with Crippen molar-refractivity contribution in [1.29, 1.82) is 0 Å². The number of nitrogens with one attached hydrogen (secondary N) is 1. The average Bonchev–Trinajstić information content (AvgIpc) is 3.43. The number of aryl methyl sites for hydroxylation is 1. The van der Waals surface area contributed by atoms with Gasteiger partial charge < -0.3 is 20.7 Å². The van der Waals surface area contributed by atoms with Crippen LogP contribution in [0.4, 0.5) is 4.39 Å². The third kappa shape index (κ3) is 7.71. The number of nitrogens with zero attached hydrogens (tertiary/aromatic N) is 3. The SMILES string of the molecule is Cc1ccccc1CN(CCN1CCOCC1)C1CC(C(=O)NC2CCC(N)CC2)N(C(=O)c2ccc(F)cc2)C1. The van der Waals surface area contributed by atoms with E-state index < -0.39 is 11.9 Å². The van der Waals surface area contributed by atoms with Crippen molar-refractivity contribution in [1.82, 2.24) is 20.0 Å². The predicted molar refractivity (Wildman–Crippen MR) is 157 cm³/mol. The predicted octanol–water partition coefficient (Wildman–Crippen LogP) is 2.94. The van der Waals surface area contributed by atoms with Crippen LogP contribution in [0.3, 0.4) is 0 Å². The van der Waals surface area contributed by atoms with E-state index in [1.165, 1.54) is 35.4 Å². The lowest BCUT2D eigenvalue weighted by atomic mass is 9.91. The highest BCUT2D eigenvalue weighted by Crippen LogP contribution is 2.28. The smallest absolute Gasteiger partial charge is 0.254 e. The Balaban J connectivity index is 1.37. The average molecular weight is 566 g/mol. The van der Waals surface area contributed by atoms with Crippen LogP contribution in [0.5, 0.6) is 0 Å². The first-order valence-corrected chi connectivity index (χ1v) is 15.1. The monoisotopic (exact) mass is 565 g/mol. The summed E-state index contributed by atoms with van der Waals surface area (Å²) in [5, 5.41) is 3.24. The van der Waals surface area contributed by atoms with Gasteiger partial charge in [-0.25, -0.2) is 4.39 Å². The number of halogens is 1. The Labute approximate surface area is 243 Å². The van der Waals surface area contributed by atoms with Crippen molar-refractivity contribution in [3.8, 4) is 0 Å². The summed E-state index contributed by atoms with van der Waals surface area (Å²) in [6, 6.07) is 13.7. The van der Waals surface area contributed by atoms with Gasteiger partial charge in [0, 0.05) is 63.0 Å². The minimum Gasteiger partial charge on any atom is -0.379 e. The van der Waals surface area contributed by atoms with Crippen molar-refractivity contribution in [2.45, 2.75) is 69.7 Å². The van der Waals surface area contributed by atoms with Crippen LogP contribution in [0, 0.1) is 12.7 Å². The van der Waals surface area contributed by atoms with Crippen LogP contribution < -0.4 is 11.1 Å². The quantitative estimate of drug-likeness (QED) is 0.486. The molecule has 1 saturated carbocycles. The summed E-state index contributed by atoms with van der Waals surface area (Å²) in [6.07, 6.45) is 4.05. The molecule has 2 amide bonds. The van der Waals surface area contributed by atoms with Crippen molar-refractivity contribution < 1.29 is 18.7 Å². The lowest BCUT2D eigenvalue weighted by Gasteiger charge is -2.33. The molecule has 3 N–H and O–H groups in total. The standard InChI is InChI=1S/C32H44FN5O3/c1-23-4-2-3-5-25(23)21-37(15-14-36-16-18-41-19-17-36)29-20-30(31(39)35-28-12-10-27(34)11-13-28)38(22-29)32(40)24-6-8-26(33)9-7-24/h2-9,27-30H,10-22,34H2,1H3,(H,35,39). The fraction of sp³-hybridized carbons (Fsp3) is 0.562. The van der Waals surface area contributed by atoms with Crippen molar-refractivity contribution in [2.24, 2.45) is 5.73 Å². The second-order valence-corrected chi connectivity index (χ2v) is 11.8. The van der Waals surface area contributed by atoms with E-state index in [2.05, 4.69) is 40.2 Å². The molecule has 2 unspecified atom stereocenters. The zero-order valence-corrected chi connectivity index (χ0v) is 24.1. The molecule has 222 valence electrons. The zero-order valence-electron chi connectivity index (χ0n) is 24.1. The number of amides is 2. The number of likely N-dealkylation sites (tertiary alicyclic amines) is 1. The Kier molecular flexibility index (Phi) is 10.0. The van der Waals surface area contributed by atoms with E-state index >= 15 is 0 Å². The molecule has 0 radical (unpaired) electrons. The van der Waals surface area contributed by atoms with Crippen molar-refractivity contribution in [2.75, 3.05) is 45.9 Å². The maximum atomic E-state index is 13.8. The number of carbonyl (C=O) groups is 2. The highest BCUT2D eigenvalue weighted by Gasteiger charge is 2.42. The van der Waals surface area contributed by atoms with E-state index in [1.54, 1.807) is 4.90 Å². The number of benzene rings is 2. The number of hydrogen-bond donors (Lipinski definition) is 2. The van der Waals surface area contributed by atoms with Gasteiger partial charge >= 0.3 is 0 Å². The Bertz CT molecular complexity index is 1160. The topological polar surface area (TPSA) is 91.1 Å². The van der Waals surface area contributed by atoms with Gasteiger partial charge in [0.25, 0.3) is 5.91 Å². The van der Waals surface area contributed by atoms with Crippen molar-refractivity contribution >= 4 is 11.8 Å². The van der Waals surface area contributed by atoms with Crippen LogP contribution in [0.15, 0.2) is 48.5 Å². The molecule has 0 aromatic heterocycles. The van der Waals surface area contributed by atoms with Gasteiger partial charge in [0.1, 0.15) is 11.9 Å². The molecule has 2 aliphatic heterocycles. The molecule has 1 aliphatic carbocycles. The summed E-state index contributed by atoms with van der Waals surface area (Å²) in [5.74, 6) is -0.729. The van der Waals surface area contributed by atoms with Gasteiger partial charge in [0.15, 0.2) is 0 Å². The lowest BCUT2D eigenvalue weighted by molar-refractivity contribution is -0.125. The minimum atomic E-state index is -0.587. The Hall–Kier alpha value is -2.85. The summed E-state index contributed by atoms with van der Waals surface area (Å²) in [4.78, 5) is 34.1. The van der Waals surface area contributed by atoms with E-state index in [0.29, 0.717) is 18.5 Å². The van der Waals surface area contributed by atoms with Gasteiger partial charge in [-0.15, -0.1) is 0 Å². The molecule has 2 heterocycles. The highest BCUT2D eigenvalue weighted by atomic mass is 19.1. The van der Waals surface area contributed by atoms with Crippen LogP contribution >= 0.6 is 0 Å². The second-order valence-electron chi connectivity index (χ2n) is 11.8. The van der Waals surface area contributed by atoms with Crippen LogP contribution in [0.25, 0.3) is 0 Å². The van der Waals surface area contributed by atoms with Crippen molar-refractivity contribution in [3.05, 3.63) is 71.0 Å². The third-order valence-corrected chi connectivity index (χ3v) is 9.01. The summed E-state index contributed by atoms with van der Waals surface area (Å²) in [7, 11) is 0. The van der Waals surface area contributed by atoms with E-state index in [1.807, 2.05) is 6.07 Å². The van der Waals surface area contributed by atoms with E-state index in [9.17, 15) is 14.0 Å². The van der Waals surface area contributed by atoms with Gasteiger partial charge in [-0.3, -0.25) is 19.4 Å². The highest BCUT2D eigenvalue weighted by molar-refractivity contribution is 5.98. The molecule has 3 aliphatic rings. The fourth-order valence-corrected chi connectivity index (χ4v) is 6.36. The molecule has 5 rings (SSSR count). The number of morpholine rings is 1. The first-order chi connectivity index (χ1) is 19.9. The fourth-order valence-electron chi connectivity index (χ4n) is 6.36. The normalized spacial score (nSPS) is 25.4. The van der Waals surface area contributed by atoms with Gasteiger partial charge in [-0.1, -0.05) is 24.3 Å². The zero-order chi connectivity index (χ0) is 28.8. The number of ether oxygens (including phenoxy) is 1. The van der Waals surface area contributed by atoms with Gasteiger partial charge in [-0.05, 0) is 74.4 Å². The first kappa shape index (κ1) is 29.6. The molecule has 2 aromatic rings. The molecule has 9 heteroatoms. The Morgan fingerprint density at radius 3 is 2.46 bits per heavy atom. The Morgan fingerprint density at radius 2 is 1.76 bits per heavy atom. The van der Waals surface area contributed by atoms with E-state index in [4.69, 9.17) is 10.5 Å². The molecular weight excluding hydrogens is 521 g/mol. The van der Waals surface area contributed by atoms with Crippen LogP contribution in [0.2, 0.25) is 0 Å². The van der Waals surface area contributed by atoms with Crippen LogP contribution in [-0.4, -0.2) is 96.6 Å². The van der Waals surface area contributed by atoms with Crippen LogP contribution in [0.1, 0.15) is 53.6 Å².